The molecule has 2 aromatic rings. The molecule has 1 aliphatic heterocycles. The molecule has 3 N–H and O–H groups in total. The van der Waals surface area contributed by atoms with E-state index in [1.807, 2.05) is 18.2 Å². The Labute approximate surface area is 171 Å². The Morgan fingerprint density at radius 1 is 1.32 bits per heavy atom. The van der Waals surface area contributed by atoms with Crippen molar-refractivity contribution in [3.05, 3.63) is 58.6 Å². The zero-order valence-electron chi connectivity index (χ0n) is 14.9. The number of nitrogens with zero attached hydrogens (tertiary/aromatic N) is 1. The van der Waals surface area contributed by atoms with Gasteiger partial charge in [0.25, 0.3) is 5.91 Å². The lowest BCUT2D eigenvalue weighted by molar-refractivity contribution is -0.136. The van der Waals surface area contributed by atoms with Crippen LogP contribution in [0, 0.1) is 0 Å². The zero-order valence-corrected chi connectivity index (χ0v) is 16.5. The summed E-state index contributed by atoms with van der Waals surface area (Å²) >= 11 is 7.17. The van der Waals surface area contributed by atoms with Crippen LogP contribution >= 0.6 is 23.4 Å². The molecule has 0 saturated carbocycles. The summed E-state index contributed by atoms with van der Waals surface area (Å²) in [7, 11) is 1.74. The first-order chi connectivity index (χ1) is 13.5. The average molecular weight is 420 g/mol. The molecule has 1 heterocycles. The van der Waals surface area contributed by atoms with Crippen LogP contribution in [0.4, 0.5) is 5.69 Å². The number of aliphatic carboxylic acids is 1. The van der Waals surface area contributed by atoms with Crippen LogP contribution in [-0.4, -0.2) is 41.0 Å². The number of ether oxygens (including phenoxy) is 1. The van der Waals surface area contributed by atoms with Gasteiger partial charge in [-0.25, -0.2) is 0 Å². The highest BCUT2D eigenvalue weighted by Crippen LogP contribution is 2.25. The number of carboxylic acids is 1. The number of amidine groups is 1. The highest BCUT2D eigenvalue weighted by molar-refractivity contribution is 8.15. The molecule has 0 aliphatic carbocycles. The lowest BCUT2D eigenvalue weighted by Crippen LogP contribution is -2.28. The molecule has 28 heavy (non-hydrogen) atoms. The Morgan fingerprint density at radius 2 is 2.11 bits per heavy atom. The Kier molecular flexibility index (Phi) is 6.43. The van der Waals surface area contributed by atoms with Crippen molar-refractivity contribution in [1.82, 2.24) is 5.32 Å². The number of carbonyl (C=O) groups excluding carboxylic acids is 1. The van der Waals surface area contributed by atoms with Crippen LogP contribution in [0.2, 0.25) is 5.02 Å². The number of carbonyl (C=O) groups is 2. The monoisotopic (exact) mass is 419 g/mol. The van der Waals surface area contributed by atoms with Crippen LogP contribution in [0.25, 0.3) is 0 Å². The van der Waals surface area contributed by atoms with Gasteiger partial charge < -0.3 is 20.5 Å². The SMILES string of the molecule is CNc1cc(OCc2ccccc2Cl)cc(C(=O)NC2=NCC(C(=O)O)S2)c1. The molecular weight excluding hydrogens is 402 g/mol. The van der Waals surface area contributed by atoms with E-state index < -0.39 is 17.1 Å². The number of carboxylic acid groups (broad SMARTS) is 1. The van der Waals surface area contributed by atoms with Gasteiger partial charge in [-0.15, -0.1) is 0 Å². The number of thioether (sulfide) groups is 1. The molecule has 2 aromatic carbocycles. The molecule has 3 rings (SSSR count). The first-order valence-corrected chi connectivity index (χ1v) is 9.66. The molecule has 7 nitrogen and oxygen atoms in total. The Bertz CT molecular complexity index is 935. The molecule has 146 valence electrons. The van der Waals surface area contributed by atoms with Crippen molar-refractivity contribution in [3.8, 4) is 5.75 Å². The number of benzene rings is 2. The lowest BCUT2D eigenvalue weighted by Gasteiger charge is -2.12. The maximum Gasteiger partial charge on any atom is 0.319 e. The molecule has 0 spiro atoms. The number of anilines is 1. The number of aliphatic imine (C=N–C) groups is 1. The second-order valence-corrected chi connectivity index (χ2v) is 7.52. The minimum Gasteiger partial charge on any atom is -0.489 e. The predicted octanol–water partition coefficient (Wildman–Crippen LogP) is 3.25. The smallest absolute Gasteiger partial charge is 0.319 e. The van der Waals surface area contributed by atoms with Gasteiger partial charge in [-0.05, 0) is 18.2 Å². The first kappa shape index (κ1) is 20.0. The number of hydrogen-bond acceptors (Lipinski definition) is 6. The topological polar surface area (TPSA) is 100 Å². The van der Waals surface area contributed by atoms with E-state index in [-0.39, 0.29) is 13.2 Å². The molecular formula is C19H18ClN3O4S. The van der Waals surface area contributed by atoms with E-state index in [0.29, 0.717) is 27.2 Å². The lowest BCUT2D eigenvalue weighted by atomic mass is 10.1. The average Bonchev–Trinajstić information content (AvgIpc) is 3.16. The summed E-state index contributed by atoms with van der Waals surface area (Å²) in [6.45, 7) is 0.398. The van der Waals surface area contributed by atoms with Crippen molar-refractivity contribution < 1.29 is 19.4 Å². The van der Waals surface area contributed by atoms with Crippen molar-refractivity contribution >= 4 is 46.1 Å². The molecule has 0 bridgehead atoms. The number of rotatable bonds is 6. The molecule has 1 atom stereocenters. The third-order valence-corrected chi connectivity index (χ3v) is 5.42. The molecule has 0 aromatic heterocycles. The quantitative estimate of drug-likeness (QED) is 0.664. The summed E-state index contributed by atoms with van der Waals surface area (Å²) < 4.78 is 5.81. The molecule has 1 amide bonds. The summed E-state index contributed by atoms with van der Waals surface area (Å²) in [5, 5.41) is 14.9. The third-order valence-electron chi connectivity index (χ3n) is 3.96. The number of hydrogen-bond donors (Lipinski definition) is 3. The summed E-state index contributed by atoms with van der Waals surface area (Å²) in [5.41, 5.74) is 1.90. The zero-order chi connectivity index (χ0) is 20.1. The van der Waals surface area contributed by atoms with E-state index in [2.05, 4.69) is 15.6 Å². The fraction of sp³-hybridized carbons (Fsp3) is 0.211. The van der Waals surface area contributed by atoms with Gasteiger partial charge in [0.2, 0.25) is 0 Å². The number of nitrogens with one attached hydrogen (secondary N) is 2. The largest absolute Gasteiger partial charge is 0.489 e. The summed E-state index contributed by atoms with van der Waals surface area (Å²) in [6.07, 6.45) is 0. The van der Waals surface area contributed by atoms with E-state index in [0.717, 1.165) is 17.3 Å². The number of halogens is 1. The summed E-state index contributed by atoms with van der Waals surface area (Å²) in [5.74, 6) is -0.844. The van der Waals surface area contributed by atoms with E-state index in [4.69, 9.17) is 21.4 Å². The maximum atomic E-state index is 12.6. The van der Waals surface area contributed by atoms with Crippen LogP contribution in [0.15, 0.2) is 47.5 Å². The van der Waals surface area contributed by atoms with Crippen LogP contribution in [-0.2, 0) is 11.4 Å². The molecule has 0 saturated heterocycles. The van der Waals surface area contributed by atoms with Crippen molar-refractivity contribution in [2.75, 3.05) is 18.9 Å². The minimum atomic E-state index is -0.953. The summed E-state index contributed by atoms with van der Waals surface area (Å²) in [6, 6.07) is 12.4. The molecule has 1 aliphatic rings. The van der Waals surface area contributed by atoms with Gasteiger partial charge in [-0.1, -0.05) is 41.6 Å². The van der Waals surface area contributed by atoms with Crippen molar-refractivity contribution in [2.24, 2.45) is 4.99 Å². The Morgan fingerprint density at radius 3 is 2.79 bits per heavy atom. The van der Waals surface area contributed by atoms with E-state index in [1.165, 1.54) is 0 Å². The van der Waals surface area contributed by atoms with Crippen molar-refractivity contribution in [3.63, 3.8) is 0 Å². The standard InChI is InChI=1S/C19H18ClN3O4S/c1-21-13-6-12(17(24)23-19-22-9-16(28-19)18(25)26)7-14(8-13)27-10-11-4-2-3-5-15(11)20/h2-8,16,21H,9-10H2,1H3,(H,25,26)(H,22,23,24). The van der Waals surface area contributed by atoms with Crippen molar-refractivity contribution in [2.45, 2.75) is 11.9 Å². The maximum absolute atomic E-state index is 12.6. The molecule has 0 fully saturated rings. The van der Waals surface area contributed by atoms with Gasteiger partial charge in [0.1, 0.15) is 17.6 Å². The van der Waals surface area contributed by atoms with Crippen LogP contribution in [0.1, 0.15) is 15.9 Å². The fourth-order valence-corrected chi connectivity index (χ4v) is 3.49. The Hall–Kier alpha value is -2.71. The normalized spacial score (nSPS) is 15.6. The minimum absolute atomic E-state index is 0.137. The van der Waals surface area contributed by atoms with Crippen LogP contribution in [0.5, 0.6) is 5.75 Å². The highest BCUT2D eigenvalue weighted by atomic mass is 35.5. The van der Waals surface area contributed by atoms with Gasteiger partial charge in [0.05, 0.1) is 6.54 Å². The van der Waals surface area contributed by atoms with Gasteiger partial charge in [-0.3, -0.25) is 14.6 Å². The van der Waals surface area contributed by atoms with Crippen molar-refractivity contribution in [1.29, 1.82) is 0 Å². The fourth-order valence-electron chi connectivity index (χ4n) is 2.48. The van der Waals surface area contributed by atoms with E-state index >= 15 is 0 Å². The molecule has 0 radical (unpaired) electrons. The number of amides is 1. The Balaban J connectivity index is 1.71. The second-order valence-electron chi connectivity index (χ2n) is 5.92. The highest BCUT2D eigenvalue weighted by Gasteiger charge is 2.27. The van der Waals surface area contributed by atoms with E-state index in [9.17, 15) is 9.59 Å². The van der Waals surface area contributed by atoms with Crippen LogP contribution < -0.4 is 15.4 Å². The summed E-state index contributed by atoms with van der Waals surface area (Å²) in [4.78, 5) is 27.6. The van der Waals surface area contributed by atoms with Gasteiger partial charge in [-0.2, -0.15) is 0 Å². The van der Waals surface area contributed by atoms with Gasteiger partial charge in [0.15, 0.2) is 5.17 Å². The third kappa shape index (κ3) is 4.96. The van der Waals surface area contributed by atoms with Crippen LogP contribution in [0.3, 0.4) is 0 Å². The first-order valence-electron chi connectivity index (χ1n) is 8.40. The van der Waals surface area contributed by atoms with E-state index in [1.54, 1.807) is 31.3 Å². The molecule has 9 heteroatoms. The predicted molar refractivity (Wildman–Crippen MR) is 111 cm³/mol. The molecule has 1 unspecified atom stereocenters. The second kappa shape index (κ2) is 8.99. The van der Waals surface area contributed by atoms with Gasteiger partial charge >= 0.3 is 5.97 Å². The van der Waals surface area contributed by atoms with Gasteiger partial charge in [0, 0.05) is 35.0 Å².